The Labute approximate surface area is 84.3 Å². The minimum Gasteiger partial charge on any atom is -0.456 e. The summed E-state index contributed by atoms with van der Waals surface area (Å²) in [7, 11) is 0. The summed E-state index contributed by atoms with van der Waals surface area (Å²) in [5.41, 5.74) is 0. The molecule has 7 heteroatoms. The quantitative estimate of drug-likeness (QED) is 0.667. The van der Waals surface area contributed by atoms with Crippen molar-refractivity contribution in [1.29, 1.82) is 0 Å². The number of esters is 1. The third-order valence-corrected chi connectivity index (χ3v) is 1.70. The first kappa shape index (κ1) is 12.3. The fourth-order valence-corrected chi connectivity index (χ4v) is 1.10. The molecular formula is C8H11F3O4. The molecule has 1 saturated heterocycles. The summed E-state index contributed by atoms with van der Waals surface area (Å²) in [6.07, 6.45) is -5.61. The zero-order chi connectivity index (χ0) is 11.7. The highest BCUT2D eigenvalue weighted by Gasteiger charge is 2.42. The molecule has 1 atom stereocenters. The van der Waals surface area contributed by atoms with E-state index >= 15 is 0 Å². The molecule has 0 amide bonds. The molecule has 0 aromatic heterocycles. The predicted octanol–water partition coefficient (Wildman–Crippen LogP) is 1.24. The minimum atomic E-state index is -4.96. The van der Waals surface area contributed by atoms with Gasteiger partial charge in [-0.1, -0.05) is 0 Å². The molecule has 1 fully saturated rings. The predicted molar refractivity (Wildman–Crippen MR) is 41.9 cm³/mol. The van der Waals surface area contributed by atoms with Crippen molar-refractivity contribution in [2.75, 3.05) is 13.2 Å². The van der Waals surface area contributed by atoms with Gasteiger partial charge in [0, 0.05) is 0 Å². The lowest BCUT2D eigenvalue weighted by molar-refractivity contribution is -0.204. The Hall–Kier alpha value is -0.820. The van der Waals surface area contributed by atoms with Gasteiger partial charge in [-0.15, -0.1) is 0 Å². The van der Waals surface area contributed by atoms with Crippen LogP contribution in [0.4, 0.5) is 13.2 Å². The normalized spacial score (nSPS) is 25.3. The largest absolute Gasteiger partial charge is 0.490 e. The van der Waals surface area contributed by atoms with Crippen molar-refractivity contribution in [3.8, 4) is 0 Å². The lowest BCUT2D eigenvalue weighted by Crippen LogP contribution is -2.30. The first-order valence-corrected chi connectivity index (χ1v) is 4.26. The van der Waals surface area contributed by atoms with Gasteiger partial charge in [0.05, 0.1) is 6.61 Å². The van der Waals surface area contributed by atoms with Crippen molar-refractivity contribution in [1.82, 2.24) is 0 Å². The van der Waals surface area contributed by atoms with E-state index in [4.69, 9.17) is 9.47 Å². The number of hydrogen-bond donors (Lipinski definition) is 0. The second-order valence-electron chi connectivity index (χ2n) is 3.55. The summed E-state index contributed by atoms with van der Waals surface area (Å²) in [6.45, 7) is 2.90. The summed E-state index contributed by atoms with van der Waals surface area (Å²) in [5, 5.41) is 0. The van der Waals surface area contributed by atoms with Crippen LogP contribution in [0.15, 0.2) is 0 Å². The van der Waals surface area contributed by atoms with Crippen molar-refractivity contribution < 1.29 is 32.2 Å². The Bertz CT molecular complexity index is 249. The van der Waals surface area contributed by atoms with Crippen LogP contribution in [0.25, 0.3) is 0 Å². The molecule has 0 aromatic carbocycles. The minimum absolute atomic E-state index is 0.109. The molecular weight excluding hydrogens is 217 g/mol. The molecule has 88 valence electrons. The number of carbonyl (C=O) groups is 1. The average molecular weight is 228 g/mol. The maximum Gasteiger partial charge on any atom is 0.490 e. The fourth-order valence-electron chi connectivity index (χ4n) is 1.10. The van der Waals surface area contributed by atoms with Crippen molar-refractivity contribution in [3.05, 3.63) is 0 Å². The topological polar surface area (TPSA) is 44.8 Å². The van der Waals surface area contributed by atoms with Gasteiger partial charge < -0.3 is 14.2 Å². The average Bonchev–Trinajstić information content (AvgIpc) is 2.39. The molecule has 0 aromatic rings. The van der Waals surface area contributed by atoms with E-state index in [1.165, 1.54) is 0 Å². The second-order valence-corrected chi connectivity index (χ2v) is 3.55. The zero-order valence-electron chi connectivity index (χ0n) is 8.26. The second kappa shape index (κ2) is 3.97. The van der Waals surface area contributed by atoms with Crippen LogP contribution < -0.4 is 0 Å². The third-order valence-electron chi connectivity index (χ3n) is 1.70. The van der Waals surface area contributed by atoms with Crippen LogP contribution in [0.1, 0.15) is 13.8 Å². The number of alkyl halides is 3. The summed E-state index contributed by atoms with van der Waals surface area (Å²) in [6, 6.07) is 0. The molecule has 0 saturated carbocycles. The SMILES string of the molecule is CC1(C)OC[C@@H](COC(=O)C(F)(F)F)O1. The van der Waals surface area contributed by atoms with Crippen LogP contribution >= 0.6 is 0 Å². The zero-order valence-corrected chi connectivity index (χ0v) is 8.26. The highest BCUT2D eigenvalue weighted by atomic mass is 19.4. The van der Waals surface area contributed by atoms with Gasteiger partial charge in [-0.05, 0) is 13.8 Å². The van der Waals surface area contributed by atoms with E-state index in [0.29, 0.717) is 0 Å². The Morgan fingerprint density at radius 2 is 2.13 bits per heavy atom. The highest BCUT2D eigenvalue weighted by Crippen LogP contribution is 2.23. The molecule has 0 unspecified atom stereocenters. The van der Waals surface area contributed by atoms with E-state index in [1.807, 2.05) is 0 Å². The Balaban J connectivity index is 2.31. The van der Waals surface area contributed by atoms with E-state index in [-0.39, 0.29) is 6.61 Å². The van der Waals surface area contributed by atoms with E-state index < -0.39 is 30.6 Å². The Kier molecular flexibility index (Phi) is 3.25. The van der Waals surface area contributed by atoms with Crippen LogP contribution in [-0.4, -0.2) is 37.3 Å². The molecule has 15 heavy (non-hydrogen) atoms. The molecule has 0 N–H and O–H groups in total. The van der Waals surface area contributed by atoms with Gasteiger partial charge in [0.2, 0.25) is 0 Å². The van der Waals surface area contributed by atoms with Gasteiger partial charge in [-0.2, -0.15) is 13.2 Å². The summed E-state index contributed by atoms with van der Waals surface area (Å²) < 4.78 is 49.4. The lowest BCUT2D eigenvalue weighted by atomic mass is 10.4. The molecule has 0 aliphatic carbocycles. The van der Waals surface area contributed by atoms with E-state index in [2.05, 4.69) is 4.74 Å². The summed E-state index contributed by atoms with van der Waals surface area (Å²) >= 11 is 0. The van der Waals surface area contributed by atoms with E-state index in [9.17, 15) is 18.0 Å². The Morgan fingerprint density at radius 1 is 1.53 bits per heavy atom. The lowest BCUT2D eigenvalue weighted by Gasteiger charge is -2.17. The number of ether oxygens (including phenoxy) is 3. The van der Waals surface area contributed by atoms with E-state index in [0.717, 1.165) is 0 Å². The molecule has 4 nitrogen and oxygen atoms in total. The molecule has 1 rings (SSSR count). The van der Waals surface area contributed by atoms with Crippen LogP contribution in [0.3, 0.4) is 0 Å². The first-order valence-electron chi connectivity index (χ1n) is 4.26. The Morgan fingerprint density at radius 3 is 2.53 bits per heavy atom. The number of rotatable bonds is 2. The standard InChI is InChI=1S/C8H11F3O4/c1-7(2)14-4-5(15-7)3-13-6(12)8(9,10)11/h5H,3-4H2,1-2H3/t5-/m1/s1. The maximum atomic E-state index is 11.7. The molecule has 1 heterocycles. The number of halogens is 3. The number of carbonyl (C=O) groups excluding carboxylic acids is 1. The summed E-state index contributed by atoms with van der Waals surface area (Å²) in [5.74, 6) is -3.05. The van der Waals surface area contributed by atoms with Gasteiger partial charge >= 0.3 is 12.1 Å². The smallest absolute Gasteiger partial charge is 0.456 e. The monoisotopic (exact) mass is 228 g/mol. The molecule has 0 bridgehead atoms. The maximum absolute atomic E-state index is 11.7. The van der Waals surface area contributed by atoms with Gasteiger partial charge in [0.15, 0.2) is 5.79 Å². The van der Waals surface area contributed by atoms with Gasteiger partial charge in [0.1, 0.15) is 12.7 Å². The van der Waals surface area contributed by atoms with Crippen molar-refractivity contribution in [2.45, 2.75) is 31.9 Å². The van der Waals surface area contributed by atoms with Crippen LogP contribution in [0.2, 0.25) is 0 Å². The molecule has 0 radical (unpaired) electrons. The first-order chi connectivity index (χ1) is 6.71. The van der Waals surface area contributed by atoms with Gasteiger partial charge in [-0.3, -0.25) is 0 Å². The van der Waals surface area contributed by atoms with Crippen LogP contribution in [-0.2, 0) is 19.0 Å². The molecule has 1 aliphatic heterocycles. The van der Waals surface area contributed by atoms with E-state index in [1.54, 1.807) is 13.8 Å². The molecule has 0 spiro atoms. The highest BCUT2D eigenvalue weighted by molar-refractivity contribution is 5.75. The third kappa shape index (κ3) is 3.67. The number of hydrogen-bond acceptors (Lipinski definition) is 4. The van der Waals surface area contributed by atoms with Crippen LogP contribution in [0.5, 0.6) is 0 Å². The summed E-state index contributed by atoms with van der Waals surface area (Å²) in [4.78, 5) is 10.3. The van der Waals surface area contributed by atoms with Gasteiger partial charge in [0.25, 0.3) is 0 Å². The van der Waals surface area contributed by atoms with Crippen molar-refractivity contribution in [2.24, 2.45) is 0 Å². The van der Waals surface area contributed by atoms with Crippen molar-refractivity contribution in [3.63, 3.8) is 0 Å². The molecule has 1 aliphatic rings. The fraction of sp³-hybridized carbons (Fsp3) is 0.875. The van der Waals surface area contributed by atoms with Crippen molar-refractivity contribution >= 4 is 5.97 Å². The van der Waals surface area contributed by atoms with Gasteiger partial charge in [-0.25, -0.2) is 4.79 Å². The van der Waals surface area contributed by atoms with Crippen LogP contribution in [0, 0.1) is 0 Å².